The van der Waals surface area contributed by atoms with Gasteiger partial charge in [-0.3, -0.25) is 0 Å². The maximum absolute atomic E-state index is 10.3. The van der Waals surface area contributed by atoms with E-state index >= 15 is 0 Å². The Morgan fingerprint density at radius 1 is 1.00 bits per heavy atom. The summed E-state index contributed by atoms with van der Waals surface area (Å²) in [6.07, 6.45) is 0. The van der Waals surface area contributed by atoms with Crippen molar-refractivity contribution >= 4 is 50.6 Å². The van der Waals surface area contributed by atoms with Crippen LogP contribution in [-0.2, 0) is 9.59 Å². The Morgan fingerprint density at radius 3 is 1.47 bits per heavy atom. The van der Waals surface area contributed by atoms with Crippen LogP contribution in [0.2, 0.25) is 10.6 Å². The molecule has 6 nitrogen and oxygen atoms in total. The number of hydrogen-bond acceptors (Lipinski definition) is 4. The fourth-order valence-electron chi connectivity index (χ4n) is 0.385. The van der Waals surface area contributed by atoms with Crippen molar-refractivity contribution in [3.8, 4) is 0 Å². The van der Waals surface area contributed by atoms with Crippen LogP contribution in [0, 0.1) is 0 Å². The fourth-order valence-corrected chi connectivity index (χ4v) is 7.30. The van der Waals surface area contributed by atoms with Crippen LogP contribution in [0.15, 0.2) is 0 Å². The number of aliphatic carboxylic acids is 2. The van der Waals surface area contributed by atoms with Gasteiger partial charge in [-0.25, -0.2) is 0 Å². The molecule has 9 heteroatoms. The molecule has 0 radical (unpaired) electrons. The summed E-state index contributed by atoms with van der Waals surface area (Å²) in [5.74, 6) is -2.02. The van der Waals surface area contributed by atoms with Gasteiger partial charge < -0.3 is 0 Å². The van der Waals surface area contributed by atoms with E-state index in [0.717, 1.165) is 0 Å². The van der Waals surface area contributed by atoms with E-state index in [1.807, 2.05) is 0 Å². The van der Waals surface area contributed by atoms with Crippen LogP contribution >= 0.6 is 12.4 Å². The molecule has 0 saturated heterocycles. The van der Waals surface area contributed by atoms with Crippen LogP contribution in [-0.4, -0.2) is 60.5 Å². The van der Waals surface area contributed by atoms with Crippen molar-refractivity contribution in [2.45, 2.75) is 22.7 Å². The average molecular weight is 371 g/mol. The fraction of sp³-hybridized carbons (Fsp3) is 0.667. The van der Waals surface area contributed by atoms with Crippen LogP contribution < -0.4 is 11.5 Å². The number of carboxylic acids is 2. The van der Waals surface area contributed by atoms with Crippen LogP contribution in [0.1, 0.15) is 0 Å². The van der Waals surface area contributed by atoms with Crippen LogP contribution in [0.25, 0.3) is 0 Å². The minimum atomic E-state index is -1.01. The number of carbonyl (C=O) groups is 2. The predicted octanol–water partition coefficient (Wildman–Crippen LogP) is -1.61. The van der Waals surface area contributed by atoms with E-state index in [9.17, 15) is 9.59 Å². The first-order valence-electron chi connectivity index (χ1n) is 3.66. The molecule has 0 aromatic heterocycles. The van der Waals surface area contributed by atoms with E-state index in [4.69, 9.17) is 21.7 Å². The second-order valence-corrected chi connectivity index (χ2v) is 9.99. The third kappa shape index (κ3) is 9.14. The Kier molecular flexibility index (Phi) is 11.0. The number of halogens is 1. The topological polar surface area (TPSA) is 127 Å². The van der Waals surface area contributed by atoms with Crippen LogP contribution in [0.3, 0.4) is 0 Å². The molecule has 0 aliphatic rings. The van der Waals surface area contributed by atoms with Gasteiger partial charge in [-0.05, 0) is 0 Å². The summed E-state index contributed by atoms with van der Waals surface area (Å²) in [6, 6.07) is -1.64. The first kappa shape index (κ1) is 17.6. The molecular formula is C6H13ClN2O4Se2. The van der Waals surface area contributed by atoms with Gasteiger partial charge >= 0.3 is 92.2 Å². The van der Waals surface area contributed by atoms with Gasteiger partial charge in [0.1, 0.15) is 0 Å². The Bertz CT molecular complexity index is 197. The summed E-state index contributed by atoms with van der Waals surface area (Å²) in [4.78, 5) is 20.6. The number of nitrogens with two attached hydrogens (primary N) is 2. The molecule has 0 bridgehead atoms. The van der Waals surface area contributed by atoms with Crippen molar-refractivity contribution in [3.05, 3.63) is 0 Å². The molecule has 0 spiro atoms. The van der Waals surface area contributed by atoms with Crippen molar-refractivity contribution in [1.82, 2.24) is 0 Å². The van der Waals surface area contributed by atoms with Crippen LogP contribution in [0.4, 0.5) is 0 Å². The summed E-state index contributed by atoms with van der Waals surface area (Å²) >= 11 is 0.218. The second kappa shape index (κ2) is 9.42. The summed E-state index contributed by atoms with van der Waals surface area (Å²) in [6.45, 7) is 0. The normalized spacial score (nSPS) is 13.7. The predicted molar refractivity (Wildman–Crippen MR) is 59.6 cm³/mol. The molecule has 15 heavy (non-hydrogen) atoms. The van der Waals surface area contributed by atoms with E-state index < -0.39 is 24.0 Å². The molecular weight excluding hydrogens is 357 g/mol. The molecule has 0 rings (SSSR count). The molecule has 0 fully saturated rings. The summed E-state index contributed by atoms with van der Waals surface area (Å²) in [7, 11) is 0. The van der Waals surface area contributed by atoms with E-state index in [1.165, 1.54) is 0 Å². The molecule has 0 saturated carbocycles. The first-order chi connectivity index (χ1) is 6.45. The van der Waals surface area contributed by atoms with Gasteiger partial charge in [0.15, 0.2) is 0 Å². The van der Waals surface area contributed by atoms with Gasteiger partial charge in [0.25, 0.3) is 0 Å². The van der Waals surface area contributed by atoms with Crippen molar-refractivity contribution in [3.63, 3.8) is 0 Å². The Morgan fingerprint density at radius 2 is 1.27 bits per heavy atom. The Labute approximate surface area is 104 Å². The molecule has 90 valence electrons. The van der Waals surface area contributed by atoms with Gasteiger partial charge in [-0.2, -0.15) is 0 Å². The molecule has 0 aromatic rings. The quantitative estimate of drug-likeness (QED) is 0.316. The summed E-state index contributed by atoms with van der Waals surface area (Å²) in [5.41, 5.74) is 10.5. The minimum absolute atomic E-state index is 0. The van der Waals surface area contributed by atoms with Crippen molar-refractivity contribution in [2.24, 2.45) is 11.5 Å². The maximum atomic E-state index is 10.3. The number of carboxylic acid groups (broad SMARTS) is 2. The zero-order valence-electron chi connectivity index (χ0n) is 7.66. The van der Waals surface area contributed by atoms with Gasteiger partial charge in [0, 0.05) is 0 Å². The zero-order chi connectivity index (χ0) is 11.1. The van der Waals surface area contributed by atoms with E-state index in [1.54, 1.807) is 0 Å². The Balaban J connectivity index is 0. The van der Waals surface area contributed by atoms with Gasteiger partial charge in [0.05, 0.1) is 0 Å². The molecule has 0 amide bonds. The molecule has 0 aliphatic carbocycles. The third-order valence-electron chi connectivity index (χ3n) is 1.21. The number of rotatable bonds is 7. The van der Waals surface area contributed by atoms with Crippen LogP contribution in [0.5, 0.6) is 0 Å². The van der Waals surface area contributed by atoms with Crippen molar-refractivity contribution in [2.75, 3.05) is 0 Å². The molecule has 0 heterocycles. The zero-order valence-corrected chi connectivity index (χ0v) is 11.9. The monoisotopic (exact) mass is 372 g/mol. The average Bonchev–Trinajstić information content (AvgIpc) is 2.11. The molecule has 6 N–H and O–H groups in total. The molecule has 2 atom stereocenters. The third-order valence-corrected chi connectivity index (χ3v) is 8.42. The van der Waals surface area contributed by atoms with Crippen molar-refractivity contribution < 1.29 is 19.8 Å². The summed E-state index contributed by atoms with van der Waals surface area (Å²) in [5, 5.41) is 17.8. The second-order valence-electron chi connectivity index (χ2n) is 2.46. The standard InChI is InChI=1S/C6H12N2O4Se2.ClH/c7-3(5(9)10)1-13-14-2-4(8)6(11)12;/h3-4H,1-2,7-8H2,(H,9,10)(H,11,12);1H/t3-,4-;/m0./s1. The van der Waals surface area contributed by atoms with Gasteiger partial charge in [0.2, 0.25) is 0 Å². The molecule has 0 unspecified atom stereocenters. The molecule has 0 aromatic carbocycles. The summed E-state index contributed by atoms with van der Waals surface area (Å²) < 4.78 is 0. The SMILES string of the molecule is Cl.N[C@@H](C[Se][Se]C[C@H](N)C(=O)O)C(=O)O. The number of hydrogen-bond donors (Lipinski definition) is 4. The van der Waals surface area contributed by atoms with Crippen molar-refractivity contribution in [1.29, 1.82) is 0 Å². The first-order valence-corrected chi connectivity index (χ1v) is 10.4. The van der Waals surface area contributed by atoms with E-state index in [2.05, 4.69) is 0 Å². The van der Waals surface area contributed by atoms with E-state index in [0.29, 0.717) is 10.6 Å². The Hall–Kier alpha value is 0.189. The van der Waals surface area contributed by atoms with Gasteiger partial charge in [-0.15, -0.1) is 12.4 Å². The van der Waals surface area contributed by atoms with Gasteiger partial charge in [-0.1, -0.05) is 0 Å². The molecule has 0 aliphatic heterocycles. The van der Waals surface area contributed by atoms with E-state index in [-0.39, 0.29) is 38.7 Å².